The number of amides is 2. The first-order chi connectivity index (χ1) is 17.0. The van der Waals surface area contributed by atoms with E-state index in [1.807, 2.05) is 65.6 Å². The summed E-state index contributed by atoms with van der Waals surface area (Å²) in [6.07, 6.45) is 2.90. The molecule has 35 heavy (non-hydrogen) atoms. The van der Waals surface area contributed by atoms with Crippen molar-refractivity contribution >= 4 is 29.3 Å². The molecule has 3 N–H and O–H groups in total. The van der Waals surface area contributed by atoms with Crippen LogP contribution in [0.1, 0.15) is 47.2 Å². The summed E-state index contributed by atoms with van der Waals surface area (Å²) in [5.41, 5.74) is 8.97. The molecule has 6 nitrogen and oxygen atoms in total. The molecule has 7 heteroatoms. The molecular formula is C28H30ClN3O3. The number of nitrogens with two attached hydrogens (primary N) is 1. The second kappa shape index (κ2) is 11.9. The summed E-state index contributed by atoms with van der Waals surface area (Å²) in [5.74, 6) is -0.0391. The van der Waals surface area contributed by atoms with Gasteiger partial charge >= 0.3 is 6.09 Å². The highest BCUT2D eigenvalue weighted by molar-refractivity contribution is 6.31. The summed E-state index contributed by atoms with van der Waals surface area (Å²) >= 11 is 6.53. The van der Waals surface area contributed by atoms with Crippen LogP contribution in [0.25, 0.3) is 0 Å². The second-order valence-electron chi connectivity index (χ2n) is 8.86. The van der Waals surface area contributed by atoms with Crippen LogP contribution in [0, 0.1) is 0 Å². The lowest BCUT2D eigenvalue weighted by Crippen LogP contribution is -2.43. The van der Waals surface area contributed by atoms with E-state index in [0.29, 0.717) is 22.8 Å². The van der Waals surface area contributed by atoms with Crippen LogP contribution in [-0.4, -0.2) is 29.0 Å². The van der Waals surface area contributed by atoms with Gasteiger partial charge in [0.1, 0.15) is 6.61 Å². The minimum absolute atomic E-state index is 0.0391. The van der Waals surface area contributed by atoms with Crippen molar-refractivity contribution in [1.82, 2.24) is 4.90 Å². The van der Waals surface area contributed by atoms with Gasteiger partial charge < -0.3 is 15.4 Å². The van der Waals surface area contributed by atoms with Crippen molar-refractivity contribution in [2.24, 2.45) is 5.73 Å². The molecule has 3 aromatic rings. The van der Waals surface area contributed by atoms with Crippen LogP contribution in [-0.2, 0) is 17.9 Å². The SMILES string of the molecule is NC1CCC(N(Cc2cc(NC(=O)OCc3ccccc3)ccc2Cl)C(=O)c2ccccc2)CC1. The van der Waals surface area contributed by atoms with Crippen molar-refractivity contribution in [3.8, 4) is 0 Å². The maximum absolute atomic E-state index is 13.5. The van der Waals surface area contributed by atoms with Gasteiger partial charge in [-0.1, -0.05) is 60.1 Å². The van der Waals surface area contributed by atoms with Crippen molar-refractivity contribution < 1.29 is 14.3 Å². The number of ether oxygens (including phenoxy) is 1. The van der Waals surface area contributed by atoms with E-state index >= 15 is 0 Å². The monoisotopic (exact) mass is 491 g/mol. The molecule has 1 aliphatic carbocycles. The molecule has 2 amide bonds. The van der Waals surface area contributed by atoms with Crippen LogP contribution in [0.15, 0.2) is 78.9 Å². The standard InChI is InChI=1S/C28H30ClN3O3/c29-26-16-13-24(31-28(34)35-19-20-7-3-1-4-8-20)17-22(26)18-32(25-14-11-23(30)12-15-25)27(33)21-9-5-2-6-10-21/h1-10,13,16-17,23,25H,11-12,14-15,18-19,30H2,(H,31,34). The van der Waals surface area contributed by atoms with E-state index in [9.17, 15) is 9.59 Å². The van der Waals surface area contributed by atoms with Crippen molar-refractivity contribution in [2.45, 2.75) is 50.9 Å². The minimum Gasteiger partial charge on any atom is -0.444 e. The number of nitrogens with one attached hydrogen (secondary N) is 1. The Morgan fingerprint density at radius 2 is 1.60 bits per heavy atom. The zero-order valence-electron chi connectivity index (χ0n) is 19.5. The third-order valence-corrected chi connectivity index (χ3v) is 6.68. The number of hydrogen-bond acceptors (Lipinski definition) is 4. The molecule has 0 heterocycles. The van der Waals surface area contributed by atoms with Gasteiger partial charge in [0.25, 0.3) is 5.91 Å². The van der Waals surface area contributed by atoms with Gasteiger partial charge in [0.2, 0.25) is 0 Å². The molecule has 0 radical (unpaired) electrons. The van der Waals surface area contributed by atoms with Crippen LogP contribution < -0.4 is 11.1 Å². The Bertz CT molecular complexity index is 1130. The van der Waals surface area contributed by atoms with Gasteiger partial charge in [0.05, 0.1) is 0 Å². The third-order valence-electron chi connectivity index (χ3n) is 6.31. The molecule has 0 aliphatic heterocycles. The normalized spacial score (nSPS) is 17.4. The van der Waals surface area contributed by atoms with Crippen molar-refractivity contribution in [2.75, 3.05) is 5.32 Å². The third kappa shape index (κ3) is 6.84. The molecule has 1 aliphatic rings. The highest BCUT2D eigenvalue weighted by Gasteiger charge is 2.29. The smallest absolute Gasteiger partial charge is 0.411 e. The zero-order valence-corrected chi connectivity index (χ0v) is 20.3. The fraction of sp³-hybridized carbons (Fsp3) is 0.286. The van der Waals surface area contributed by atoms with Gasteiger partial charge in [-0.25, -0.2) is 4.79 Å². The molecule has 0 bridgehead atoms. The molecule has 182 valence electrons. The molecule has 1 fully saturated rings. The summed E-state index contributed by atoms with van der Waals surface area (Å²) in [7, 11) is 0. The fourth-order valence-electron chi connectivity index (χ4n) is 4.36. The quantitative estimate of drug-likeness (QED) is 0.424. The Hall–Kier alpha value is -3.35. The number of carbonyl (C=O) groups excluding carboxylic acids is 2. The molecule has 4 rings (SSSR count). The molecule has 1 saturated carbocycles. The molecule has 3 aromatic carbocycles. The first kappa shape index (κ1) is 24.8. The van der Waals surface area contributed by atoms with Gasteiger partial charge in [-0.3, -0.25) is 10.1 Å². The Kier molecular flexibility index (Phi) is 8.40. The maximum atomic E-state index is 13.5. The van der Waals surface area contributed by atoms with Gasteiger partial charge in [-0.15, -0.1) is 0 Å². The molecule has 0 saturated heterocycles. The number of anilines is 1. The van der Waals surface area contributed by atoms with Crippen LogP contribution in [0.2, 0.25) is 5.02 Å². The number of hydrogen-bond donors (Lipinski definition) is 2. The molecule has 0 spiro atoms. The van der Waals surface area contributed by atoms with Gasteiger partial charge in [0.15, 0.2) is 0 Å². The molecule has 0 aromatic heterocycles. The first-order valence-electron chi connectivity index (χ1n) is 11.9. The summed E-state index contributed by atoms with van der Waals surface area (Å²) in [5, 5.41) is 3.29. The van der Waals surface area contributed by atoms with Crippen LogP contribution in [0.4, 0.5) is 10.5 Å². The highest BCUT2D eigenvalue weighted by atomic mass is 35.5. The maximum Gasteiger partial charge on any atom is 0.411 e. The number of nitrogens with zero attached hydrogens (tertiary/aromatic N) is 1. The Morgan fingerprint density at radius 1 is 0.943 bits per heavy atom. The van der Waals surface area contributed by atoms with Gasteiger partial charge in [-0.05, 0) is 67.1 Å². The lowest BCUT2D eigenvalue weighted by atomic mass is 9.90. The van der Waals surface area contributed by atoms with Gasteiger partial charge in [0, 0.05) is 34.9 Å². The topological polar surface area (TPSA) is 84.7 Å². The second-order valence-corrected chi connectivity index (χ2v) is 9.27. The number of rotatable bonds is 7. The summed E-state index contributed by atoms with van der Waals surface area (Å²) in [6.45, 7) is 0.511. The largest absolute Gasteiger partial charge is 0.444 e. The van der Waals surface area contributed by atoms with E-state index in [1.165, 1.54) is 0 Å². The average molecular weight is 492 g/mol. The minimum atomic E-state index is -0.555. The van der Waals surface area contributed by atoms with E-state index in [1.54, 1.807) is 18.2 Å². The van der Waals surface area contributed by atoms with E-state index in [0.717, 1.165) is 36.8 Å². The van der Waals surface area contributed by atoms with Crippen LogP contribution in [0.3, 0.4) is 0 Å². The predicted octanol–water partition coefficient (Wildman–Crippen LogP) is 6.00. The van der Waals surface area contributed by atoms with Crippen molar-refractivity contribution in [1.29, 1.82) is 0 Å². The fourth-order valence-corrected chi connectivity index (χ4v) is 4.54. The van der Waals surface area contributed by atoms with Crippen molar-refractivity contribution in [3.05, 3.63) is 101 Å². The predicted molar refractivity (Wildman–Crippen MR) is 138 cm³/mol. The molecular weight excluding hydrogens is 462 g/mol. The summed E-state index contributed by atoms with van der Waals surface area (Å²) < 4.78 is 5.33. The number of carbonyl (C=O) groups is 2. The van der Waals surface area contributed by atoms with Gasteiger partial charge in [-0.2, -0.15) is 0 Å². The molecule has 0 unspecified atom stereocenters. The summed E-state index contributed by atoms with van der Waals surface area (Å²) in [6, 6.07) is 24.2. The number of benzene rings is 3. The Morgan fingerprint density at radius 3 is 2.29 bits per heavy atom. The average Bonchev–Trinajstić information content (AvgIpc) is 2.89. The highest BCUT2D eigenvalue weighted by Crippen LogP contribution is 2.29. The van der Waals surface area contributed by atoms with Crippen molar-refractivity contribution in [3.63, 3.8) is 0 Å². The lowest BCUT2D eigenvalue weighted by Gasteiger charge is -2.36. The summed E-state index contributed by atoms with van der Waals surface area (Å²) in [4.78, 5) is 27.7. The van der Waals surface area contributed by atoms with Crippen LogP contribution >= 0.6 is 11.6 Å². The van der Waals surface area contributed by atoms with E-state index in [4.69, 9.17) is 22.1 Å². The van der Waals surface area contributed by atoms with E-state index < -0.39 is 6.09 Å². The molecule has 0 atom stereocenters. The number of halogens is 1. The lowest BCUT2D eigenvalue weighted by molar-refractivity contribution is 0.0606. The Labute approximate surface area is 211 Å². The zero-order chi connectivity index (χ0) is 24.6. The van der Waals surface area contributed by atoms with E-state index in [2.05, 4.69) is 5.32 Å². The first-order valence-corrected chi connectivity index (χ1v) is 12.2. The van der Waals surface area contributed by atoms with Crippen LogP contribution in [0.5, 0.6) is 0 Å². The Balaban J connectivity index is 1.48. The van der Waals surface area contributed by atoms with E-state index in [-0.39, 0.29) is 24.6 Å².